The first-order valence-corrected chi connectivity index (χ1v) is 9.34. The smallest absolute Gasteiger partial charge is 0.416 e. The van der Waals surface area contributed by atoms with Gasteiger partial charge in [0.05, 0.1) is 16.7 Å². The Balaban J connectivity index is 1.76. The van der Waals surface area contributed by atoms with Gasteiger partial charge in [-0.15, -0.1) is 11.3 Å². The van der Waals surface area contributed by atoms with Gasteiger partial charge in [-0.25, -0.2) is 0 Å². The van der Waals surface area contributed by atoms with Crippen molar-refractivity contribution in [3.8, 4) is 5.75 Å². The van der Waals surface area contributed by atoms with E-state index < -0.39 is 47.7 Å². The van der Waals surface area contributed by atoms with Gasteiger partial charge >= 0.3 is 12.4 Å². The number of hydrogen-bond donors (Lipinski definition) is 2. The van der Waals surface area contributed by atoms with Crippen molar-refractivity contribution in [2.45, 2.75) is 31.6 Å². The molecule has 0 aliphatic heterocycles. The first-order chi connectivity index (χ1) is 13.9. The van der Waals surface area contributed by atoms with Crippen LogP contribution in [-0.2, 0) is 30.0 Å². The van der Waals surface area contributed by atoms with Crippen molar-refractivity contribution in [1.29, 1.82) is 0 Å². The maximum atomic E-state index is 12.9. The topological polar surface area (TPSA) is 81.4 Å². The third-order valence-corrected chi connectivity index (χ3v) is 5.56. The summed E-state index contributed by atoms with van der Waals surface area (Å²) in [5.74, 6) is -2.36. The highest BCUT2D eigenvalue weighted by Crippen LogP contribution is 2.39. The molecule has 0 saturated carbocycles. The van der Waals surface area contributed by atoms with Gasteiger partial charge in [0.2, 0.25) is 0 Å². The van der Waals surface area contributed by atoms with Crippen molar-refractivity contribution in [3.63, 3.8) is 0 Å². The van der Waals surface area contributed by atoms with Crippen LogP contribution in [0.5, 0.6) is 5.75 Å². The molecule has 3 rings (SSSR count). The SMILES string of the molecule is NC(=O)c1c(NC(=O)COc2cc(C(F)(F)F)cc(C(F)(F)F)c2)sc2c1CCC2. The van der Waals surface area contributed by atoms with Gasteiger partial charge in [-0.3, -0.25) is 9.59 Å². The first kappa shape index (κ1) is 21.9. The summed E-state index contributed by atoms with van der Waals surface area (Å²) in [6, 6.07) is 0.702. The van der Waals surface area contributed by atoms with Crippen molar-refractivity contribution >= 4 is 28.2 Å². The zero-order valence-electron chi connectivity index (χ0n) is 15.0. The number of ether oxygens (including phenoxy) is 1. The number of amides is 2. The number of nitrogens with one attached hydrogen (secondary N) is 1. The van der Waals surface area contributed by atoms with Crippen LogP contribution in [0.1, 0.15) is 38.3 Å². The van der Waals surface area contributed by atoms with Gasteiger partial charge in [0.25, 0.3) is 11.8 Å². The van der Waals surface area contributed by atoms with Gasteiger partial charge < -0.3 is 15.8 Å². The second-order valence-corrected chi connectivity index (χ2v) is 7.61. The average Bonchev–Trinajstić information content (AvgIpc) is 3.18. The van der Waals surface area contributed by atoms with Crippen LogP contribution in [0.15, 0.2) is 18.2 Å². The summed E-state index contributed by atoms with van der Waals surface area (Å²) in [6.45, 7) is -0.862. The minimum atomic E-state index is -5.03. The molecule has 2 amide bonds. The third kappa shape index (κ3) is 4.69. The Hall–Kier alpha value is -2.76. The maximum absolute atomic E-state index is 12.9. The van der Waals surface area contributed by atoms with Crippen LogP contribution in [0.25, 0.3) is 0 Å². The molecule has 162 valence electrons. The molecule has 1 aliphatic carbocycles. The van der Waals surface area contributed by atoms with E-state index in [-0.39, 0.29) is 16.6 Å². The van der Waals surface area contributed by atoms with Crippen LogP contribution in [0.3, 0.4) is 0 Å². The fourth-order valence-electron chi connectivity index (χ4n) is 3.07. The Morgan fingerprint density at radius 1 is 1.03 bits per heavy atom. The lowest BCUT2D eigenvalue weighted by Gasteiger charge is -2.14. The molecule has 0 saturated heterocycles. The number of benzene rings is 1. The second kappa shape index (κ2) is 7.82. The van der Waals surface area contributed by atoms with Gasteiger partial charge in [0.1, 0.15) is 10.8 Å². The van der Waals surface area contributed by atoms with Crippen LogP contribution in [0.4, 0.5) is 31.3 Å². The number of thiophene rings is 1. The molecule has 3 N–H and O–H groups in total. The molecule has 2 aromatic rings. The number of carbonyl (C=O) groups is 2. The summed E-state index contributed by atoms with van der Waals surface area (Å²) in [7, 11) is 0. The van der Waals surface area contributed by atoms with Crippen LogP contribution >= 0.6 is 11.3 Å². The number of halogens is 6. The highest BCUT2D eigenvalue weighted by Gasteiger charge is 2.37. The first-order valence-electron chi connectivity index (χ1n) is 8.52. The quantitative estimate of drug-likeness (QED) is 0.661. The molecule has 0 bridgehead atoms. The molecule has 1 heterocycles. The summed E-state index contributed by atoms with van der Waals surface area (Å²) in [5, 5.41) is 2.57. The number of hydrogen-bond acceptors (Lipinski definition) is 4. The van der Waals surface area contributed by atoms with E-state index in [1.165, 1.54) is 0 Å². The number of fused-ring (bicyclic) bond motifs is 1. The Bertz CT molecular complexity index is 965. The molecule has 12 heteroatoms. The predicted octanol–water partition coefficient (Wildman–Crippen LogP) is 4.39. The number of rotatable bonds is 5. The van der Waals surface area contributed by atoms with E-state index in [0.717, 1.165) is 34.6 Å². The molecule has 30 heavy (non-hydrogen) atoms. The lowest BCUT2D eigenvalue weighted by molar-refractivity contribution is -0.143. The van der Waals surface area contributed by atoms with Gasteiger partial charge in [0.15, 0.2) is 6.61 Å². The molecule has 0 fully saturated rings. The van der Waals surface area contributed by atoms with E-state index in [4.69, 9.17) is 10.5 Å². The highest BCUT2D eigenvalue weighted by atomic mass is 32.1. The van der Waals surface area contributed by atoms with E-state index in [1.807, 2.05) is 0 Å². The van der Waals surface area contributed by atoms with E-state index in [2.05, 4.69) is 5.32 Å². The number of carbonyl (C=O) groups excluding carboxylic acids is 2. The van der Waals surface area contributed by atoms with Crippen LogP contribution in [0.2, 0.25) is 0 Å². The normalized spacial score (nSPS) is 13.8. The van der Waals surface area contributed by atoms with Crippen molar-refractivity contribution in [1.82, 2.24) is 0 Å². The number of primary amides is 1. The van der Waals surface area contributed by atoms with E-state index in [0.29, 0.717) is 18.6 Å². The van der Waals surface area contributed by atoms with Gasteiger partial charge in [-0.2, -0.15) is 26.3 Å². The van der Waals surface area contributed by atoms with Gasteiger partial charge in [-0.1, -0.05) is 0 Å². The minimum absolute atomic E-state index is 0.0424. The maximum Gasteiger partial charge on any atom is 0.416 e. The van der Waals surface area contributed by atoms with Crippen molar-refractivity contribution < 1.29 is 40.7 Å². The van der Waals surface area contributed by atoms with Crippen LogP contribution < -0.4 is 15.8 Å². The molecule has 5 nitrogen and oxygen atoms in total. The fourth-order valence-corrected chi connectivity index (χ4v) is 4.39. The zero-order valence-corrected chi connectivity index (χ0v) is 15.9. The Morgan fingerprint density at radius 3 is 2.17 bits per heavy atom. The number of aryl methyl sites for hydroxylation is 1. The lowest BCUT2D eigenvalue weighted by Crippen LogP contribution is -2.22. The second-order valence-electron chi connectivity index (χ2n) is 6.50. The Labute approximate surface area is 169 Å². The lowest BCUT2D eigenvalue weighted by atomic mass is 10.1. The number of anilines is 1. The summed E-state index contributed by atoms with van der Waals surface area (Å²) < 4.78 is 82.1. The van der Waals surface area contributed by atoms with Crippen LogP contribution in [0, 0.1) is 0 Å². The molecule has 1 aromatic carbocycles. The molecule has 1 aliphatic rings. The molecule has 1 aromatic heterocycles. The Kier molecular flexibility index (Phi) is 5.72. The molecule has 0 atom stereocenters. The van der Waals surface area contributed by atoms with Gasteiger partial charge in [-0.05, 0) is 43.0 Å². The van der Waals surface area contributed by atoms with E-state index in [9.17, 15) is 35.9 Å². The summed E-state index contributed by atoms with van der Waals surface area (Å²) in [6.07, 6.45) is -7.88. The summed E-state index contributed by atoms with van der Waals surface area (Å²) >= 11 is 1.15. The summed E-state index contributed by atoms with van der Waals surface area (Å²) in [4.78, 5) is 24.7. The van der Waals surface area contributed by atoms with Crippen molar-refractivity contribution in [3.05, 3.63) is 45.3 Å². The standard InChI is InChI=1S/C18H14F6N2O3S/c19-17(20,21)8-4-9(18(22,23)24)6-10(5-8)29-7-13(27)26-16-14(15(25)28)11-2-1-3-12(11)30-16/h4-6H,1-3,7H2,(H2,25,28)(H,26,27). The molecule has 0 spiro atoms. The number of nitrogens with two attached hydrogens (primary N) is 1. The fraction of sp³-hybridized carbons (Fsp3) is 0.333. The Morgan fingerprint density at radius 2 is 1.63 bits per heavy atom. The van der Waals surface area contributed by atoms with Gasteiger partial charge in [0, 0.05) is 4.88 Å². The zero-order chi connectivity index (χ0) is 22.3. The number of alkyl halides is 6. The van der Waals surface area contributed by atoms with E-state index >= 15 is 0 Å². The molecular formula is C18H14F6N2O3S. The third-order valence-electron chi connectivity index (χ3n) is 4.35. The minimum Gasteiger partial charge on any atom is -0.484 e. The molecular weight excluding hydrogens is 438 g/mol. The highest BCUT2D eigenvalue weighted by molar-refractivity contribution is 7.17. The molecule has 0 radical (unpaired) electrons. The van der Waals surface area contributed by atoms with Crippen molar-refractivity contribution in [2.75, 3.05) is 11.9 Å². The molecule has 0 unspecified atom stereocenters. The average molecular weight is 452 g/mol. The summed E-state index contributed by atoms with van der Waals surface area (Å²) in [5.41, 5.74) is 3.16. The largest absolute Gasteiger partial charge is 0.484 e. The van der Waals surface area contributed by atoms with Crippen molar-refractivity contribution in [2.24, 2.45) is 5.73 Å². The predicted molar refractivity (Wildman–Crippen MR) is 95.4 cm³/mol. The monoisotopic (exact) mass is 452 g/mol. The van der Waals surface area contributed by atoms with E-state index in [1.54, 1.807) is 0 Å². The van der Waals surface area contributed by atoms with Crippen LogP contribution in [-0.4, -0.2) is 18.4 Å².